The molecule has 0 bridgehead atoms. The number of benzene rings is 1. The third-order valence-electron chi connectivity index (χ3n) is 3.72. The number of carbonyl (C=O) groups excluding carboxylic acids is 1. The van der Waals surface area contributed by atoms with E-state index in [0.29, 0.717) is 17.1 Å². The Labute approximate surface area is 173 Å². The lowest BCUT2D eigenvalue weighted by atomic mass is 10.3. The summed E-state index contributed by atoms with van der Waals surface area (Å²) < 4.78 is 37.6. The molecule has 11 heteroatoms. The van der Waals surface area contributed by atoms with Gasteiger partial charge in [-0.2, -0.15) is 4.98 Å². The van der Waals surface area contributed by atoms with Gasteiger partial charge < -0.3 is 9.47 Å². The van der Waals surface area contributed by atoms with Crippen LogP contribution in [-0.4, -0.2) is 36.5 Å². The Morgan fingerprint density at radius 2 is 1.93 bits per heavy atom. The van der Waals surface area contributed by atoms with E-state index in [0.717, 1.165) is 0 Å². The number of urea groups is 1. The molecule has 0 radical (unpaired) electrons. The fourth-order valence-corrected chi connectivity index (χ4v) is 3.32. The van der Waals surface area contributed by atoms with E-state index in [-0.39, 0.29) is 23.3 Å². The van der Waals surface area contributed by atoms with Crippen molar-refractivity contribution < 1.29 is 22.7 Å². The van der Waals surface area contributed by atoms with E-state index in [4.69, 9.17) is 9.47 Å². The van der Waals surface area contributed by atoms with E-state index in [1.54, 1.807) is 37.4 Å². The SMILES string of the molecule is COc1cc(C)nc(NC(=O)NS(=O)(=O)c2cccc(OCc3ccccn3)c2)n1. The minimum atomic E-state index is -4.16. The van der Waals surface area contributed by atoms with Gasteiger partial charge in [0.15, 0.2) is 0 Å². The summed E-state index contributed by atoms with van der Waals surface area (Å²) in [4.78, 5) is 24.1. The molecule has 30 heavy (non-hydrogen) atoms. The van der Waals surface area contributed by atoms with Gasteiger partial charge in [0.25, 0.3) is 10.0 Å². The molecule has 0 saturated carbocycles. The number of aromatic nitrogens is 3. The van der Waals surface area contributed by atoms with E-state index in [2.05, 4.69) is 20.3 Å². The largest absolute Gasteiger partial charge is 0.487 e. The number of hydrogen-bond acceptors (Lipinski definition) is 8. The van der Waals surface area contributed by atoms with Crippen molar-refractivity contribution in [3.63, 3.8) is 0 Å². The number of rotatable bonds is 7. The number of nitrogens with one attached hydrogen (secondary N) is 2. The van der Waals surface area contributed by atoms with Gasteiger partial charge in [-0.15, -0.1) is 0 Å². The Bertz CT molecular complexity index is 1140. The van der Waals surface area contributed by atoms with Gasteiger partial charge in [-0.05, 0) is 31.2 Å². The molecule has 0 aliphatic rings. The summed E-state index contributed by atoms with van der Waals surface area (Å²) in [6.45, 7) is 1.85. The average Bonchev–Trinajstić information content (AvgIpc) is 2.72. The van der Waals surface area contributed by atoms with E-state index >= 15 is 0 Å². The normalized spacial score (nSPS) is 10.9. The summed E-state index contributed by atoms with van der Waals surface area (Å²) in [6.07, 6.45) is 1.63. The third kappa shape index (κ3) is 5.64. The first-order valence-corrected chi connectivity index (χ1v) is 10.2. The van der Waals surface area contributed by atoms with E-state index in [1.807, 2.05) is 10.8 Å². The topological polar surface area (TPSA) is 132 Å². The summed E-state index contributed by atoms with van der Waals surface area (Å²) in [5.41, 5.74) is 1.23. The molecule has 0 aliphatic heterocycles. The van der Waals surface area contributed by atoms with Crippen LogP contribution in [0.4, 0.5) is 10.7 Å². The van der Waals surface area contributed by atoms with Crippen molar-refractivity contribution in [3.8, 4) is 11.6 Å². The van der Waals surface area contributed by atoms with Crippen LogP contribution in [0.15, 0.2) is 59.6 Å². The molecular weight excluding hydrogens is 410 g/mol. The number of carbonyl (C=O) groups is 1. The molecule has 10 nitrogen and oxygen atoms in total. The predicted octanol–water partition coefficient (Wildman–Crippen LogP) is 2.28. The Kier molecular flexibility index (Phi) is 6.42. The monoisotopic (exact) mass is 429 g/mol. The molecule has 2 amide bonds. The van der Waals surface area contributed by atoms with Crippen LogP contribution in [0.1, 0.15) is 11.4 Å². The van der Waals surface area contributed by atoms with Gasteiger partial charge in [0.2, 0.25) is 11.8 Å². The van der Waals surface area contributed by atoms with Crippen molar-refractivity contribution in [2.45, 2.75) is 18.4 Å². The summed E-state index contributed by atoms with van der Waals surface area (Å²) in [7, 11) is -2.74. The van der Waals surface area contributed by atoms with Crippen LogP contribution < -0.4 is 19.5 Å². The zero-order valence-corrected chi connectivity index (χ0v) is 17.0. The number of methoxy groups -OCH3 is 1. The van der Waals surface area contributed by atoms with Crippen molar-refractivity contribution in [1.82, 2.24) is 19.7 Å². The molecule has 0 saturated heterocycles. The molecule has 3 rings (SSSR count). The lowest BCUT2D eigenvalue weighted by Crippen LogP contribution is -2.34. The number of hydrogen-bond donors (Lipinski definition) is 2. The molecule has 0 unspecified atom stereocenters. The molecule has 0 fully saturated rings. The number of pyridine rings is 1. The molecule has 2 heterocycles. The number of nitrogens with zero attached hydrogens (tertiary/aromatic N) is 3. The van der Waals surface area contributed by atoms with Gasteiger partial charge >= 0.3 is 6.03 Å². The van der Waals surface area contributed by atoms with Gasteiger partial charge in [0, 0.05) is 24.0 Å². The van der Waals surface area contributed by atoms with Gasteiger partial charge in [-0.1, -0.05) is 12.1 Å². The predicted molar refractivity (Wildman–Crippen MR) is 108 cm³/mol. The van der Waals surface area contributed by atoms with Crippen LogP contribution in [0.2, 0.25) is 0 Å². The maximum atomic E-state index is 12.5. The summed E-state index contributed by atoms with van der Waals surface area (Å²) >= 11 is 0. The highest BCUT2D eigenvalue weighted by Crippen LogP contribution is 2.18. The van der Waals surface area contributed by atoms with Gasteiger partial charge in [-0.3, -0.25) is 10.3 Å². The average molecular weight is 429 g/mol. The van der Waals surface area contributed by atoms with Crippen LogP contribution in [-0.2, 0) is 16.6 Å². The van der Waals surface area contributed by atoms with Crippen LogP contribution in [0.25, 0.3) is 0 Å². The second kappa shape index (κ2) is 9.18. The fraction of sp³-hybridized carbons (Fsp3) is 0.158. The Hall–Kier alpha value is -3.73. The molecular formula is C19H19N5O5S. The molecule has 156 valence electrons. The first-order chi connectivity index (χ1) is 14.4. The summed E-state index contributed by atoms with van der Waals surface area (Å²) in [5, 5.41) is 2.27. The van der Waals surface area contributed by atoms with Crippen molar-refractivity contribution in [1.29, 1.82) is 0 Å². The zero-order valence-electron chi connectivity index (χ0n) is 16.2. The highest BCUT2D eigenvalue weighted by atomic mass is 32.2. The smallest absolute Gasteiger partial charge is 0.335 e. The van der Waals surface area contributed by atoms with E-state index < -0.39 is 16.1 Å². The van der Waals surface area contributed by atoms with Gasteiger partial charge in [0.05, 0.1) is 17.7 Å². The number of amides is 2. The Morgan fingerprint density at radius 1 is 1.10 bits per heavy atom. The third-order valence-corrected chi connectivity index (χ3v) is 5.05. The standard InChI is InChI=1S/C19H19N5O5S/c1-13-10-17(28-2)22-18(21-13)23-19(25)24-30(26,27)16-8-5-7-15(11-16)29-12-14-6-3-4-9-20-14/h3-11H,12H2,1-2H3,(H2,21,22,23,24,25). The Balaban J connectivity index is 1.67. The second-order valence-corrected chi connectivity index (χ2v) is 7.70. The zero-order chi connectivity index (χ0) is 21.6. The van der Waals surface area contributed by atoms with Crippen LogP contribution in [0, 0.1) is 6.92 Å². The molecule has 0 aliphatic carbocycles. The van der Waals surface area contributed by atoms with E-state index in [1.165, 1.54) is 25.3 Å². The first-order valence-electron chi connectivity index (χ1n) is 8.72. The lowest BCUT2D eigenvalue weighted by Gasteiger charge is -2.10. The highest BCUT2D eigenvalue weighted by molar-refractivity contribution is 7.90. The molecule has 0 atom stereocenters. The molecule has 0 spiro atoms. The maximum absolute atomic E-state index is 12.5. The number of sulfonamides is 1. The molecule has 1 aromatic carbocycles. The minimum Gasteiger partial charge on any atom is -0.487 e. The van der Waals surface area contributed by atoms with Crippen molar-refractivity contribution >= 4 is 22.0 Å². The summed E-state index contributed by atoms with van der Waals surface area (Å²) in [6, 6.07) is 11.7. The molecule has 2 N–H and O–H groups in total. The number of anilines is 1. The van der Waals surface area contributed by atoms with Crippen LogP contribution in [0.3, 0.4) is 0 Å². The van der Waals surface area contributed by atoms with Crippen molar-refractivity contribution in [2.75, 3.05) is 12.4 Å². The van der Waals surface area contributed by atoms with Crippen LogP contribution >= 0.6 is 0 Å². The second-order valence-electron chi connectivity index (χ2n) is 6.02. The summed E-state index contributed by atoms with van der Waals surface area (Å²) in [5.74, 6) is 0.459. The number of ether oxygens (including phenoxy) is 2. The van der Waals surface area contributed by atoms with Gasteiger partial charge in [-0.25, -0.2) is 22.9 Å². The lowest BCUT2D eigenvalue weighted by molar-refractivity contribution is 0.256. The Morgan fingerprint density at radius 3 is 2.67 bits per heavy atom. The first kappa shape index (κ1) is 21.0. The van der Waals surface area contributed by atoms with Crippen LogP contribution in [0.5, 0.6) is 11.6 Å². The fourth-order valence-electron chi connectivity index (χ4n) is 2.38. The highest BCUT2D eigenvalue weighted by Gasteiger charge is 2.19. The van der Waals surface area contributed by atoms with Crippen molar-refractivity contribution in [3.05, 3.63) is 66.1 Å². The van der Waals surface area contributed by atoms with Gasteiger partial charge in [0.1, 0.15) is 12.4 Å². The maximum Gasteiger partial charge on any atom is 0.335 e. The number of aryl methyl sites for hydroxylation is 1. The minimum absolute atomic E-state index is 0.0907. The molecule has 3 aromatic rings. The molecule has 2 aromatic heterocycles. The quantitative estimate of drug-likeness (QED) is 0.584. The van der Waals surface area contributed by atoms with E-state index in [9.17, 15) is 13.2 Å². The van der Waals surface area contributed by atoms with Crippen molar-refractivity contribution in [2.24, 2.45) is 0 Å².